The van der Waals surface area contributed by atoms with E-state index in [4.69, 9.17) is 16.7 Å². The average Bonchev–Trinajstić information content (AvgIpc) is 3.03. The highest BCUT2D eigenvalue weighted by molar-refractivity contribution is 6.32. The molecular weight excluding hydrogens is 626 g/mol. The lowest BCUT2D eigenvalue weighted by Gasteiger charge is -2.15. The highest BCUT2D eigenvalue weighted by Crippen LogP contribution is 2.34. The van der Waals surface area contributed by atoms with Crippen molar-refractivity contribution in [3.63, 3.8) is 0 Å². The van der Waals surface area contributed by atoms with Crippen LogP contribution in [0.5, 0.6) is 0 Å². The Morgan fingerprint density at radius 2 is 1.42 bits per heavy atom. The fourth-order valence-corrected chi connectivity index (χ4v) is 4.40. The van der Waals surface area contributed by atoms with Crippen molar-refractivity contribution in [2.45, 2.75) is 135 Å². The van der Waals surface area contributed by atoms with Crippen LogP contribution in [0.25, 0.3) is 5.57 Å². The third kappa shape index (κ3) is 22.3. The summed E-state index contributed by atoms with van der Waals surface area (Å²) in [5, 5.41) is 8.21. The number of carboxylic acid groups (broad SMARTS) is 1. The molecule has 2 rings (SSSR count). The quantitative estimate of drug-likeness (QED) is 0.145. The molecule has 0 spiro atoms. The van der Waals surface area contributed by atoms with Crippen LogP contribution < -0.4 is 0 Å². The fraction of sp³-hybridized carbons (Fsp3) is 0.476. The van der Waals surface area contributed by atoms with E-state index in [9.17, 15) is 18.4 Å². The molecule has 0 amide bonds. The minimum atomic E-state index is -0.745. The number of carboxylic acids is 1. The Labute approximate surface area is 297 Å². The van der Waals surface area contributed by atoms with E-state index in [1.54, 1.807) is 32.0 Å². The topological polar surface area (TPSA) is 54.4 Å². The SMILES string of the molecule is C.C/C=C\C.CC.CCC(=O)O.CCCC(=O)c1c(C)cccc1F.CC\C=C(C)/C(=C\C=C(\C)CCC)c1c(Cl)cc(F)cc1CC. The third-order valence-electron chi connectivity index (χ3n) is 6.51. The Kier molecular flexibility index (Phi) is 34.6. The zero-order chi connectivity index (χ0) is 36.9. The molecule has 48 heavy (non-hydrogen) atoms. The van der Waals surface area contributed by atoms with Gasteiger partial charge in [0.1, 0.15) is 11.6 Å². The summed E-state index contributed by atoms with van der Waals surface area (Å²) in [6.07, 6.45) is 15.8. The van der Waals surface area contributed by atoms with Crippen molar-refractivity contribution < 1.29 is 23.5 Å². The van der Waals surface area contributed by atoms with Gasteiger partial charge in [-0.1, -0.05) is 122 Å². The molecule has 0 aliphatic carbocycles. The maximum absolute atomic E-state index is 13.7. The number of halogens is 3. The minimum absolute atomic E-state index is 0. The Balaban J connectivity index is -0.000000324. The fourth-order valence-electron chi connectivity index (χ4n) is 4.08. The van der Waals surface area contributed by atoms with Gasteiger partial charge in [0.05, 0.1) is 10.6 Å². The predicted octanol–water partition coefficient (Wildman–Crippen LogP) is 14.4. The van der Waals surface area contributed by atoms with Crippen LogP contribution in [0.2, 0.25) is 5.02 Å². The molecular formula is C42H65ClF2O3. The number of aliphatic carboxylic acids is 1. The first-order valence-electron chi connectivity index (χ1n) is 16.9. The van der Waals surface area contributed by atoms with Crippen LogP contribution >= 0.6 is 11.6 Å². The Morgan fingerprint density at radius 3 is 1.83 bits per heavy atom. The number of rotatable bonds is 11. The number of carbonyl (C=O) groups is 2. The summed E-state index contributed by atoms with van der Waals surface area (Å²) in [5.74, 6) is -1.52. The summed E-state index contributed by atoms with van der Waals surface area (Å²) in [5.41, 5.74) is 6.48. The van der Waals surface area contributed by atoms with E-state index >= 15 is 0 Å². The van der Waals surface area contributed by atoms with Crippen molar-refractivity contribution in [3.05, 3.63) is 111 Å². The van der Waals surface area contributed by atoms with Crippen molar-refractivity contribution in [2.75, 3.05) is 0 Å². The summed E-state index contributed by atoms with van der Waals surface area (Å²) in [6, 6.07) is 7.71. The van der Waals surface area contributed by atoms with Gasteiger partial charge in [-0.2, -0.15) is 0 Å². The summed E-state index contributed by atoms with van der Waals surface area (Å²) >= 11 is 6.40. The first kappa shape index (κ1) is 51.5. The Bertz CT molecular complexity index is 1280. The van der Waals surface area contributed by atoms with Crippen LogP contribution in [0.15, 0.2) is 71.9 Å². The van der Waals surface area contributed by atoms with Gasteiger partial charge in [-0.15, -0.1) is 0 Å². The van der Waals surface area contributed by atoms with Crippen LogP contribution in [0.3, 0.4) is 0 Å². The van der Waals surface area contributed by atoms with E-state index < -0.39 is 11.8 Å². The molecule has 2 aromatic carbocycles. The van der Waals surface area contributed by atoms with Crippen molar-refractivity contribution in [1.82, 2.24) is 0 Å². The van der Waals surface area contributed by atoms with E-state index in [1.165, 1.54) is 23.3 Å². The maximum Gasteiger partial charge on any atom is 0.303 e. The highest BCUT2D eigenvalue weighted by atomic mass is 35.5. The second-order valence-corrected chi connectivity index (χ2v) is 10.8. The molecule has 0 heterocycles. The molecule has 6 heteroatoms. The number of aryl methyl sites for hydroxylation is 2. The Hall–Kier alpha value is -3.31. The smallest absolute Gasteiger partial charge is 0.303 e. The Morgan fingerprint density at radius 1 is 0.875 bits per heavy atom. The van der Waals surface area contributed by atoms with E-state index in [-0.39, 0.29) is 31.0 Å². The first-order valence-corrected chi connectivity index (χ1v) is 17.3. The van der Waals surface area contributed by atoms with Gasteiger partial charge in [-0.25, -0.2) is 8.78 Å². The van der Waals surface area contributed by atoms with Gasteiger partial charge in [-0.05, 0) is 101 Å². The molecule has 3 nitrogen and oxygen atoms in total. The van der Waals surface area contributed by atoms with Gasteiger partial charge in [0.25, 0.3) is 0 Å². The van der Waals surface area contributed by atoms with Crippen molar-refractivity contribution >= 4 is 28.9 Å². The molecule has 0 saturated carbocycles. The van der Waals surface area contributed by atoms with Gasteiger partial charge in [0.15, 0.2) is 5.78 Å². The third-order valence-corrected chi connectivity index (χ3v) is 6.81. The summed E-state index contributed by atoms with van der Waals surface area (Å²) in [4.78, 5) is 20.8. The van der Waals surface area contributed by atoms with Crippen LogP contribution in [0.4, 0.5) is 8.78 Å². The normalized spacial score (nSPS) is 10.9. The molecule has 0 aliphatic heterocycles. The molecule has 0 saturated heterocycles. The number of carbonyl (C=O) groups excluding carboxylic acids is 1. The van der Waals surface area contributed by atoms with Gasteiger partial charge in [-0.3, -0.25) is 9.59 Å². The summed E-state index contributed by atoms with van der Waals surface area (Å²) in [6.45, 7) is 23.8. The molecule has 0 fully saturated rings. The molecule has 1 N–H and O–H groups in total. The number of Topliss-reactive ketones (excluding diaryl/α,β-unsaturated/α-hetero) is 1. The summed E-state index contributed by atoms with van der Waals surface area (Å²) < 4.78 is 26.9. The lowest BCUT2D eigenvalue weighted by Crippen LogP contribution is -2.04. The van der Waals surface area contributed by atoms with Crippen LogP contribution in [0, 0.1) is 18.6 Å². The zero-order valence-corrected chi connectivity index (χ0v) is 31.9. The van der Waals surface area contributed by atoms with E-state index in [0.717, 1.165) is 54.4 Å². The monoisotopic (exact) mass is 690 g/mol. The van der Waals surface area contributed by atoms with Gasteiger partial charge >= 0.3 is 5.97 Å². The van der Waals surface area contributed by atoms with Crippen LogP contribution in [-0.4, -0.2) is 16.9 Å². The van der Waals surface area contributed by atoms with Crippen molar-refractivity contribution in [1.29, 1.82) is 0 Å². The van der Waals surface area contributed by atoms with Gasteiger partial charge in [0, 0.05) is 18.4 Å². The van der Waals surface area contributed by atoms with Crippen LogP contribution in [0.1, 0.15) is 149 Å². The zero-order valence-electron chi connectivity index (χ0n) is 31.1. The molecule has 0 bridgehead atoms. The number of hydrogen-bond donors (Lipinski definition) is 1. The second kappa shape index (κ2) is 32.2. The maximum atomic E-state index is 13.7. The first-order chi connectivity index (χ1) is 22.3. The minimum Gasteiger partial charge on any atom is -0.481 e. The number of allylic oxidation sites excluding steroid dienone is 8. The average molecular weight is 691 g/mol. The molecule has 0 unspecified atom stereocenters. The molecule has 272 valence electrons. The van der Waals surface area contributed by atoms with Gasteiger partial charge < -0.3 is 5.11 Å². The molecule has 0 aromatic heterocycles. The largest absolute Gasteiger partial charge is 0.481 e. The lowest BCUT2D eigenvalue weighted by atomic mass is 9.92. The number of hydrogen-bond acceptors (Lipinski definition) is 2. The standard InChI is InChI=1S/C21H28ClF.C11H13FO.C4H8.C3H6O2.C2H6.CH4/c1-6-9-15(4)11-12-19(16(5)10-7-2)21-17(8-3)13-18(23)14-20(21)22;1-3-5-10(13)11-8(2)6-4-7-9(11)12;1-3-4-2;1-2-3(4)5;1-2;/h10-14H,6-9H2,1-5H3;4,6-7H,3,5H2,1-2H3;3-4H,1-2H3;2H2,1H3,(H,4,5);1-2H3;1H4/b15-11-,16-10-,19-12+;;4-3-;;;. The second-order valence-electron chi connectivity index (χ2n) is 10.4. The predicted molar refractivity (Wildman–Crippen MR) is 208 cm³/mol. The highest BCUT2D eigenvalue weighted by Gasteiger charge is 2.15. The van der Waals surface area contributed by atoms with Crippen molar-refractivity contribution in [2.24, 2.45) is 0 Å². The number of ketones is 1. The summed E-state index contributed by atoms with van der Waals surface area (Å²) in [7, 11) is 0. The molecule has 2 aromatic rings. The lowest BCUT2D eigenvalue weighted by molar-refractivity contribution is -0.136. The molecule has 0 aliphatic rings. The van der Waals surface area contributed by atoms with E-state index in [0.29, 0.717) is 11.4 Å². The van der Waals surface area contributed by atoms with Gasteiger partial charge in [0.2, 0.25) is 0 Å². The van der Waals surface area contributed by atoms with E-state index in [1.807, 2.05) is 53.7 Å². The van der Waals surface area contributed by atoms with Crippen molar-refractivity contribution in [3.8, 4) is 0 Å². The van der Waals surface area contributed by atoms with E-state index in [2.05, 4.69) is 45.9 Å². The molecule has 0 radical (unpaired) electrons. The van der Waals surface area contributed by atoms with Crippen LogP contribution in [-0.2, 0) is 11.2 Å². The number of benzene rings is 2. The molecule has 0 atom stereocenters.